The van der Waals surface area contributed by atoms with Gasteiger partial charge in [-0.1, -0.05) is 0 Å². The molecule has 0 aromatic rings. The summed E-state index contributed by atoms with van der Waals surface area (Å²) in [4.78, 5) is 0. The zero-order valence-electron chi connectivity index (χ0n) is 9.49. The minimum atomic E-state index is -2.62. The SMILES string of the molecule is CO[Si](C)(CO)C[Si](OC)(OC)OC. The quantitative estimate of drug-likeness (QED) is 0.642. The number of hydrogen-bond donors (Lipinski definition) is 1. The number of rotatable bonds is 7. The molecule has 0 aliphatic carbocycles. The zero-order chi connectivity index (χ0) is 11.2. The Bertz CT molecular complexity index is 150. The summed E-state index contributed by atoms with van der Waals surface area (Å²) in [6.07, 6.45) is 0.0360. The van der Waals surface area contributed by atoms with Crippen LogP contribution in [-0.2, 0) is 17.7 Å². The van der Waals surface area contributed by atoms with Crippen LogP contribution in [0.3, 0.4) is 0 Å². The zero-order valence-corrected chi connectivity index (χ0v) is 11.5. The first-order valence-electron chi connectivity index (χ1n) is 4.33. The highest BCUT2D eigenvalue weighted by Gasteiger charge is 2.47. The van der Waals surface area contributed by atoms with Gasteiger partial charge in [-0.3, -0.25) is 0 Å². The summed E-state index contributed by atoms with van der Waals surface area (Å²) in [5.41, 5.74) is 0.552. The van der Waals surface area contributed by atoms with Crippen molar-refractivity contribution in [3.05, 3.63) is 0 Å². The van der Waals surface area contributed by atoms with Crippen molar-refractivity contribution in [1.82, 2.24) is 0 Å². The van der Waals surface area contributed by atoms with Gasteiger partial charge < -0.3 is 22.8 Å². The van der Waals surface area contributed by atoms with Gasteiger partial charge in [0.25, 0.3) is 0 Å². The highest BCUT2D eigenvalue weighted by Crippen LogP contribution is 2.21. The summed E-state index contributed by atoms with van der Waals surface area (Å²) in [5, 5.41) is 9.23. The molecule has 14 heavy (non-hydrogen) atoms. The predicted octanol–water partition coefficient (Wildman–Crippen LogP) is 0.157. The van der Waals surface area contributed by atoms with Crippen LogP contribution in [0.2, 0.25) is 12.2 Å². The molecule has 1 atom stereocenters. The minimum Gasteiger partial charge on any atom is -0.418 e. The fraction of sp³-hybridized carbons (Fsp3) is 1.00. The van der Waals surface area contributed by atoms with Crippen LogP contribution in [0, 0.1) is 0 Å². The second kappa shape index (κ2) is 5.96. The van der Waals surface area contributed by atoms with Crippen LogP contribution in [0.4, 0.5) is 0 Å². The smallest absolute Gasteiger partial charge is 0.418 e. The van der Waals surface area contributed by atoms with E-state index >= 15 is 0 Å². The lowest BCUT2D eigenvalue weighted by atomic mass is 11.7. The molecule has 0 aliphatic heterocycles. The molecule has 1 unspecified atom stereocenters. The summed E-state index contributed by atoms with van der Waals surface area (Å²) in [5.74, 6) is 0. The van der Waals surface area contributed by atoms with E-state index in [0.717, 1.165) is 0 Å². The molecule has 0 bridgehead atoms. The van der Waals surface area contributed by atoms with E-state index in [0.29, 0.717) is 5.67 Å². The standard InChI is InChI=1S/C7H20O5Si2/c1-9-13(5,6-8)7-14(10-2,11-3)12-4/h8H,6-7H2,1-5H3. The first-order valence-corrected chi connectivity index (χ1v) is 9.08. The normalized spacial score (nSPS) is 16.7. The fourth-order valence-electron chi connectivity index (χ4n) is 1.12. The second-order valence-electron chi connectivity index (χ2n) is 3.28. The van der Waals surface area contributed by atoms with E-state index in [-0.39, 0.29) is 6.23 Å². The van der Waals surface area contributed by atoms with Crippen molar-refractivity contribution in [3.63, 3.8) is 0 Å². The number of aliphatic hydroxyl groups excluding tert-OH is 1. The van der Waals surface area contributed by atoms with Crippen molar-refractivity contribution in [2.24, 2.45) is 0 Å². The Kier molecular flexibility index (Phi) is 6.06. The van der Waals surface area contributed by atoms with Crippen LogP contribution in [0.1, 0.15) is 0 Å². The first kappa shape index (κ1) is 14.2. The third-order valence-electron chi connectivity index (χ3n) is 2.35. The molecule has 1 N–H and O–H groups in total. The van der Waals surface area contributed by atoms with Crippen LogP contribution >= 0.6 is 0 Å². The van der Waals surface area contributed by atoms with Gasteiger partial charge in [0.05, 0.1) is 6.23 Å². The maximum Gasteiger partial charge on any atom is 0.499 e. The topological polar surface area (TPSA) is 57.2 Å². The van der Waals surface area contributed by atoms with Crippen molar-refractivity contribution in [2.45, 2.75) is 12.2 Å². The lowest BCUT2D eigenvalue weighted by Crippen LogP contribution is -2.54. The van der Waals surface area contributed by atoms with Crippen LogP contribution in [0.15, 0.2) is 0 Å². The maximum atomic E-state index is 9.23. The van der Waals surface area contributed by atoms with Crippen LogP contribution < -0.4 is 0 Å². The summed E-state index contributed by atoms with van der Waals surface area (Å²) in [6.45, 7) is 1.92. The molecule has 0 rings (SSSR count). The second-order valence-corrected chi connectivity index (χ2v) is 10.9. The third-order valence-corrected chi connectivity index (χ3v) is 10.6. The van der Waals surface area contributed by atoms with Crippen LogP contribution in [0.25, 0.3) is 0 Å². The Labute approximate surface area is 87.4 Å². The van der Waals surface area contributed by atoms with Crippen LogP contribution in [-0.4, -0.2) is 56.9 Å². The highest BCUT2D eigenvalue weighted by molar-refractivity contribution is 6.86. The molecule has 0 heterocycles. The monoisotopic (exact) mass is 240 g/mol. The summed E-state index contributed by atoms with van der Waals surface area (Å²) < 4.78 is 21.2. The van der Waals surface area contributed by atoms with E-state index in [1.165, 1.54) is 0 Å². The van der Waals surface area contributed by atoms with E-state index in [9.17, 15) is 5.11 Å². The maximum absolute atomic E-state index is 9.23. The first-order chi connectivity index (χ1) is 6.51. The molecule has 86 valence electrons. The van der Waals surface area contributed by atoms with Gasteiger partial charge in [-0.25, -0.2) is 0 Å². The molecule has 0 saturated heterocycles. The molecule has 0 aromatic carbocycles. The van der Waals surface area contributed by atoms with Gasteiger partial charge in [0.15, 0.2) is 0 Å². The van der Waals surface area contributed by atoms with Crippen molar-refractivity contribution >= 4 is 17.1 Å². The van der Waals surface area contributed by atoms with Crippen molar-refractivity contribution < 1.29 is 22.8 Å². The summed E-state index contributed by atoms with van der Waals surface area (Å²) in [7, 11) is 1.50. The van der Waals surface area contributed by atoms with Crippen molar-refractivity contribution in [2.75, 3.05) is 34.7 Å². The fourth-order valence-corrected chi connectivity index (χ4v) is 8.17. The van der Waals surface area contributed by atoms with E-state index in [2.05, 4.69) is 0 Å². The molecule has 0 spiro atoms. The van der Waals surface area contributed by atoms with Gasteiger partial charge in [0.2, 0.25) is 8.32 Å². The lowest BCUT2D eigenvalue weighted by Gasteiger charge is -2.31. The van der Waals surface area contributed by atoms with Gasteiger partial charge in [-0.2, -0.15) is 0 Å². The summed E-state index contributed by atoms with van der Waals surface area (Å²) in [6, 6.07) is 0. The van der Waals surface area contributed by atoms with Gasteiger partial charge >= 0.3 is 8.80 Å². The van der Waals surface area contributed by atoms with E-state index < -0.39 is 17.1 Å². The Morgan fingerprint density at radius 2 is 1.36 bits per heavy atom. The molecule has 0 saturated carbocycles. The molecular weight excluding hydrogens is 220 g/mol. The molecule has 0 aromatic heterocycles. The minimum absolute atomic E-state index is 0.0360. The lowest BCUT2D eigenvalue weighted by molar-refractivity contribution is 0.126. The number of hydrogen-bond acceptors (Lipinski definition) is 5. The van der Waals surface area contributed by atoms with E-state index in [4.69, 9.17) is 17.7 Å². The molecular formula is C7H20O5Si2. The van der Waals surface area contributed by atoms with Crippen LogP contribution in [0.5, 0.6) is 0 Å². The molecule has 5 nitrogen and oxygen atoms in total. The molecule has 0 fully saturated rings. The Morgan fingerprint density at radius 3 is 1.57 bits per heavy atom. The van der Waals surface area contributed by atoms with E-state index in [1.807, 2.05) is 6.55 Å². The van der Waals surface area contributed by atoms with Gasteiger partial charge in [0.1, 0.15) is 0 Å². The predicted molar refractivity (Wildman–Crippen MR) is 57.3 cm³/mol. The van der Waals surface area contributed by atoms with Gasteiger partial charge in [-0.05, 0) is 6.55 Å². The third kappa shape index (κ3) is 3.42. The average Bonchev–Trinajstić information content (AvgIpc) is 2.26. The summed E-state index contributed by atoms with van der Waals surface area (Å²) >= 11 is 0. The highest BCUT2D eigenvalue weighted by atomic mass is 28.4. The molecule has 0 radical (unpaired) electrons. The van der Waals surface area contributed by atoms with Gasteiger partial charge in [0, 0.05) is 34.1 Å². The average molecular weight is 240 g/mol. The molecule has 7 heteroatoms. The molecule has 0 amide bonds. The van der Waals surface area contributed by atoms with E-state index in [1.54, 1.807) is 28.4 Å². The van der Waals surface area contributed by atoms with Crippen molar-refractivity contribution in [1.29, 1.82) is 0 Å². The number of aliphatic hydroxyl groups is 1. The van der Waals surface area contributed by atoms with Crippen molar-refractivity contribution in [3.8, 4) is 0 Å². The Morgan fingerprint density at radius 1 is 0.929 bits per heavy atom. The Hall–Kier alpha value is 0.234. The molecule has 0 aliphatic rings. The largest absolute Gasteiger partial charge is 0.499 e. The Balaban J connectivity index is 4.56. The van der Waals surface area contributed by atoms with Gasteiger partial charge in [-0.15, -0.1) is 0 Å².